The van der Waals surface area contributed by atoms with Crippen molar-refractivity contribution in [1.29, 1.82) is 0 Å². The minimum absolute atomic E-state index is 0.0795. The molecule has 342 valence electrons. The molecule has 0 aromatic heterocycles. The number of carbonyl (C=O) groups excluding carboxylic acids is 3. The fourth-order valence-electron chi connectivity index (χ4n) is 7.07. The van der Waals surface area contributed by atoms with Crippen LogP contribution in [0.2, 0.25) is 0 Å². The topological polar surface area (TPSA) is 78.9 Å². The fraction of sp³-hybridized carbons (Fsp3) is 0.792. The Labute approximate surface area is 365 Å². The molecule has 0 saturated carbocycles. The molecule has 0 fully saturated rings. The van der Waals surface area contributed by atoms with E-state index in [1.807, 2.05) is 0 Å². The number of esters is 3. The number of ether oxygens (including phenoxy) is 3. The van der Waals surface area contributed by atoms with Crippen LogP contribution in [0.15, 0.2) is 48.6 Å². The Morgan fingerprint density at radius 2 is 0.695 bits per heavy atom. The van der Waals surface area contributed by atoms with E-state index in [1.165, 1.54) is 122 Å². The number of allylic oxidation sites excluding steroid dienone is 8. The van der Waals surface area contributed by atoms with Crippen LogP contribution in [0.3, 0.4) is 0 Å². The lowest BCUT2D eigenvalue weighted by atomic mass is 10.0. The zero-order valence-electron chi connectivity index (χ0n) is 39.0. The molecule has 0 radical (unpaired) electrons. The van der Waals surface area contributed by atoms with E-state index >= 15 is 0 Å². The molecule has 0 N–H and O–H groups in total. The van der Waals surface area contributed by atoms with Crippen LogP contribution in [0.1, 0.15) is 252 Å². The van der Waals surface area contributed by atoms with Crippen molar-refractivity contribution in [3.05, 3.63) is 48.6 Å². The molecule has 0 spiro atoms. The number of carbonyl (C=O) groups is 3. The van der Waals surface area contributed by atoms with Crippen LogP contribution in [-0.2, 0) is 28.6 Å². The first-order valence-corrected chi connectivity index (χ1v) is 25.2. The Balaban J connectivity index is 4.35. The summed E-state index contributed by atoms with van der Waals surface area (Å²) in [4.78, 5) is 37.9. The predicted molar refractivity (Wildman–Crippen MR) is 252 cm³/mol. The highest BCUT2D eigenvalue weighted by atomic mass is 16.6. The molecule has 0 aliphatic rings. The van der Waals surface area contributed by atoms with Crippen LogP contribution >= 0.6 is 0 Å². The summed E-state index contributed by atoms with van der Waals surface area (Å²) >= 11 is 0. The van der Waals surface area contributed by atoms with E-state index in [0.717, 1.165) is 89.9 Å². The van der Waals surface area contributed by atoms with Crippen molar-refractivity contribution in [2.45, 2.75) is 258 Å². The Hall–Kier alpha value is -2.63. The van der Waals surface area contributed by atoms with Gasteiger partial charge in [-0.15, -0.1) is 0 Å². The fourth-order valence-corrected chi connectivity index (χ4v) is 7.07. The van der Waals surface area contributed by atoms with Gasteiger partial charge in [0.25, 0.3) is 0 Å². The molecule has 6 nitrogen and oxygen atoms in total. The van der Waals surface area contributed by atoms with Crippen LogP contribution in [-0.4, -0.2) is 37.2 Å². The monoisotopic (exact) mass is 827 g/mol. The molecule has 0 aliphatic heterocycles. The van der Waals surface area contributed by atoms with Crippen LogP contribution in [0, 0.1) is 0 Å². The average Bonchev–Trinajstić information content (AvgIpc) is 3.23. The van der Waals surface area contributed by atoms with Gasteiger partial charge in [0.15, 0.2) is 6.10 Å². The molecule has 0 aromatic carbocycles. The van der Waals surface area contributed by atoms with E-state index in [2.05, 4.69) is 69.4 Å². The largest absolute Gasteiger partial charge is 0.462 e. The maximum absolute atomic E-state index is 12.8. The molecule has 0 heterocycles. The summed E-state index contributed by atoms with van der Waals surface area (Å²) in [5.74, 6) is -0.900. The quantitative estimate of drug-likeness (QED) is 0.0200. The maximum Gasteiger partial charge on any atom is 0.306 e. The summed E-state index contributed by atoms with van der Waals surface area (Å²) in [7, 11) is 0. The Morgan fingerprint density at radius 3 is 1.12 bits per heavy atom. The van der Waals surface area contributed by atoms with Gasteiger partial charge in [-0.05, 0) is 57.8 Å². The number of rotatable bonds is 45. The molecule has 59 heavy (non-hydrogen) atoms. The first kappa shape index (κ1) is 56.4. The average molecular weight is 827 g/mol. The molecule has 1 unspecified atom stereocenters. The van der Waals surface area contributed by atoms with Crippen LogP contribution in [0.5, 0.6) is 0 Å². The molecule has 0 aliphatic carbocycles. The lowest BCUT2D eigenvalue weighted by molar-refractivity contribution is -0.167. The van der Waals surface area contributed by atoms with Gasteiger partial charge in [-0.25, -0.2) is 0 Å². The molecule has 0 amide bonds. The maximum atomic E-state index is 12.8. The van der Waals surface area contributed by atoms with E-state index in [1.54, 1.807) is 0 Å². The van der Waals surface area contributed by atoms with Gasteiger partial charge in [0.05, 0.1) is 0 Å². The van der Waals surface area contributed by atoms with Crippen LogP contribution < -0.4 is 0 Å². The van der Waals surface area contributed by atoms with Gasteiger partial charge < -0.3 is 14.2 Å². The zero-order chi connectivity index (χ0) is 43.0. The molecule has 0 aromatic rings. The van der Waals surface area contributed by atoms with Crippen molar-refractivity contribution in [2.24, 2.45) is 0 Å². The normalized spacial score (nSPS) is 12.4. The van der Waals surface area contributed by atoms with Gasteiger partial charge in [-0.3, -0.25) is 14.4 Å². The Morgan fingerprint density at radius 1 is 0.356 bits per heavy atom. The van der Waals surface area contributed by atoms with Gasteiger partial charge in [0.2, 0.25) is 0 Å². The summed E-state index contributed by atoms with van der Waals surface area (Å²) < 4.78 is 16.7. The summed E-state index contributed by atoms with van der Waals surface area (Å²) in [6, 6.07) is 0. The second-order valence-corrected chi connectivity index (χ2v) is 16.8. The van der Waals surface area contributed by atoms with Crippen LogP contribution in [0.4, 0.5) is 0 Å². The third-order valence-electron chi connectivity index (χ3n) is 10.9. The smallest absolute Gasteiger partial charge is 0.306 e. The molecule has 0 rings (SSSR count). The summed E-state index contributed by atoms with van der Waals surface area (Å²) in [5.41, 5.74) is 0. The van der Waals surface area contributed by atoms with Crippen molar-refractivity contribution in [1.82, 2.24) is 0 Å². The molecule has 1 atom stereocenters. The van der Waals surface area contributed by atoms with Crippen molar-refractivity contribution in [2.75, 3.05) is 13.2 Å². The second kappa shape index (κ2) is 48.0. The standard InChI is InChI=1S/C53H94O6/c1-4-7-10-13-16-19-22-24-26-28-29-31-34-37-40-43-46-52(55)58-49-50(48-57-51(54)45-42-39-36-33-21-18-15-12-9-6-3)59-53(56)47-44-41-38-35-32-30-27-25-23-20-17-14-11-8-5-2/h8,11,14-15,17-18,20,23,50H,4-7,9-10,12-13,16,19,21-22,24-49H2,1-3H3/b11-8-,17-14-,18-15-,23-20-. The van der Waals surface area contributed by atoms with Gasteiger partial charge >= 0.3 is 17.9 Å². The van der Waals surface area contributed by atoms with Crippen molar-refractivity contribution in [3.8, 4) is 0 Å². The lowest BCUT2D eigenvalue weighted by Gasteiger charge is -2.18. The van der Waals surface area contributed by atoms with E-state index in [9.17, 15) is 14.4 Å². The van der Waals surface area contributed by atoms with E-state index in [0.29, 0.717) is 19.3 Å². The van der Waals surface area contributed by atoms with Gasteiger partial charge in [0, 0.05) is 19.3 Å². The van der Waals surface area contributed by atoms with Gasteiger partial charge in [0.1, 0.15) is 13.2 Å². The third kappa shape index (κ3) is 46.3. The van der Waals surface area contributed by atoms with E-state index in [-0.39, 0.29) is 31.1 Å². The first-order valence-electron chi connectivity index (χ1n) is 25.2. The molecule has 0 saturated heterocycles. The SMILES string of the molecule is CC\C=C/C=C\C=C/CCCCCCCCCC(=O)OC(COC(=O)CCCCCC/C=C\CCCC)COC(=O)CCCCCCCCCCCCCCCCCC. The highest BCUT2D eigenvalue weighted by Gasteiger charge is 2.19. The second-order valence-electron chi connectivity index (χ2n) is 16.8. The minimum Gasteiger partial charge on any atom is -0.462 e. The predicted octanol–water partition coefficient (Wildman–Crippen LogP) is 16.3. The summed E-state index contributed by atoms with van der Waals surface area (Å²) in [6.07, 6.45) is 56.7. The molecule has 6 heteroatoms. The highest BCUT2D eigenvalue weighted by molar-refractivity contribution is 5.71. The van der Waals surface area contributed by atoms with Crippen molar-refractivity contribution in [3.63, 3.8) is 0 Å². The molecular formula is C53H94O6. The summed E-state index contributed by atoms with van der Waals surface area (Å²) in [6.45, 7) is 6.46. The first-order chi connectivity index (χ1) is 29.0. The van der Waals surface area contributed by atoms with Gasteiger partial charge in [-0.1, -0.05) is 223 Å². The zero-order valence-corrected chi connectivity index (χ0v) is 39.0. The number of hydrogen-bond donors (Lipinski definition) is 0. The van der Waals surface area contributed by atoms with E-state index < -0.39 is 6.10 Å². The number of hydrogen-bond acceptors (Lipinski definition) is 6. The highest BCUT2D eigenvalue weighted by Crippen LogP contribution is 2.15. The lowest BCUT2D eigenvalue weighted by Crippen LogP contribution is -2.30. The van der Waals surface area contributed by atoms with Crippen molar-refractivity contribution < 1.29 is 28.6 Å². The van der Waals surface area contributed by atoms with Gasteiger partial charge in [-0.2, -0.15) is 0 Å². The minimum atomic E-state index is -0.780. The molecular weight excluding hydrogens is 733 g/mol. The third-order valence-corrected chi connectivity index (χ3v) is 10.9. The molecule has 0 bridgehead atoms. The Kier molecular flexibility index (Phi) is 45.9. The van der Waals surface area contributed by atoms with Crippen LogP contribution in [0.25, 0.3) is 0 Å². The number of unbranched alkanes of at least 4 members (excludes halogenated alkanes) is 28. The van der Waals surface area contributed by atoms with Crippen molar-refractivity contribution >= 4 is 17.9 Å². The summed E-state index contributed by atoms with van der Waals surface area (Å²) in [5, 5.41) is 0. The van der Waals surface area contributed by atoms with E-state index in [4.69, 9.17) is 14.2 Å². The Bertz CT molecular complexity index is 1040.